The molecule has 6 rings (SSSR count). The fourth-order valence-electron chi connectivity index (χ4n) is 4.92. The Morgan fingerprint density at radius 2 is 1.72 bits per heavy atom. The Labute approximate surface area is 222 Å². The molecule has 3 aromatic heterocycles. The van der Waals surface area contributed by atoms with E-state index in [1.54, 1.807) is 0 Å². The first-order valence-electron chi connectivity index (χ1n) is 12.9. The zero-order valence-electron chi connectivity index (χ0n) is 21.0. The molecule has 1 fully saturated rings. The summed E-state index contributed by atoms with van der Waals surface area (Å²) in [5.41, 5.74) is 6.13. The second kappa shape index (κ2) is 12.0. The minimum atomic E-state index is 0.755. The van der Waals surface area contributed by atoms with Crippen LogP contribution in [0.4, 0.5) is 5.82 Å². The van der Waals surface area contributed by atoms with Crippen LogP contribution in [0.5, 0.6) is 0 Å². The fraction of sp³-hybridized carbons (Fsp3) is 0.379. The molecule has 36 heavy (non-hydrogen) atoms. The van der Waals surface area contributed by atoms with E-state index < -0.39 is 0 Å². The van der Waals surface area contributed by atoms with Gasteiger partial charge in [0.2, 0.25) is 0 Å². The predicted octanol–water partition coefficient (Wildman–Crippen LogP) is 5.10. The van der Waals surface area contributed by atoms with Crippen LogP contribution in [0.2, 0.25) is 0 Å². The van der Waals surface area contributed by atoms with Crippen molar-refractivity contribution in [2.75, 3.05) is 38.1 Å². The zero-order chi connectivity index (χ0) is 24.7. The number of fused-ring (bicyclic) bond motifs is 2. The van der Waals surface area contributed by atoms with Crippen LogP contribution < -0.4 is 10.2 Å². The Bertz CT molecular complexity index is 1250. The summed E-state index contributed by atoms with van der Waals surface area (Å²) in [5.74, 6) is 1.24. The van der Waals surface area contributed by atoms with E-state index in [0.29, 0.717) is 0 Å². The molecule has 0 amide bonds. The Morgan fingerprint density at radius 1 is 0.889 bits per heavy atom. The van der Waals surface area contributed by atoms with Crippen molar-refractivity contribution in [3.05, 3.63) is 94.0 Å². The average molecular weight is 548 g/mol. The Morgan fingerprint density at radius 3 is 2.56 bits per heavy atom. The summed E-state index contributed by atoms with van der Waals surface area (Å²) in [6.45, 7) is 5.90. The molecule has 0 bridgehead atoms. The van der Waals surface area contributed by atoms with Gasteiger partial charge < -0.3 is 15.1 Å². The van der Waals surface area contributed by atoms with E-state index in [1.807, 2.05) is 18.3 Å². The molecule has 1 aliphatic heterocycles. The maximum atomic E-state index is 4.79. The lowest BCUT2D eigenvalue weighted by Crippen LogP contribution is -2.45. The summed E-state index contributed by atoms with van der Waals surface area (Å²) in [5, 5.41) is 3.50. The van der Waals surface area contributed by atoms with Gasteiger partial charge in [0, 0.05) is 61.8 Å². The van der Waals surface area contributed by atoms with E-state index in [9.17, 15) is 0 Å². The Hall–Kier alpha value is -2.74. The number of piperazine rings is 1. The van der Waals surface area contributed by atoms with Gasteiger partial charge >= 0.3 is 0 Å². The molecule has 0 atom stereocenters. The molecule has 1 aromatic carbocycles. The summed E-state index contributed by atoms with van der Waals surface area (Å²) in [4.78, 5) is 13.9. The number of nitrogens with zero attached hydrogens (tertiary/aromatic N) is 5. The van der Waals surface area contributed by atoms with Crippen LogP contribution in [0.25, 0.3) is 5.65 Å². The number of aryl methyl sites for hydroxylation is 2. The van der Waals surface area contributed by atoms with Gasteiger partial charge in [-0.3, -0.25) is 9.38 Å². The van der Waals surface area contributed by atoms with Gasteiger partial charge in [-0.15, -0.1) is 0 Å². The van der Waals surface area contributed by atoms with Crippen LogP contribution in [-0.2, 0) is 25.9 Å². The number of nitrogens with one attached hydrogen (secondary N) is 1. The van der Waals surface area contributed by atoms with Gasteiger partial charge in [0.1, 0.15) is 11.5 Å². The molecule has 4 heterocycles. The fourth-order valence-corrected chi connectivity index (χ4v) is 5.35. The molecule has 1 N–H and O–H groups in total. The van der Waals surface area contributed by atoms with E-state index in [4.69, 9.17) is 4.98 Å². The molecule has 1 saturated heterocycles. The predicted molar refractivity (Wildman–Crippen MR) is 150 cm³/mol. The van der Waals surface area contributed by atoms with Gasteiger partial charge in [0.15, 0.2) is 0 Å². The number of hydrogen-bond acceptors (Lipinski definition) is 5. The number of aromatic nitrogens is 3. The lowest BCUT2D eigenvalue weighted by molar-refractivity contribution is 0.312. The van der Waals surface area contributed by atoms with E-state index in [1.165, 1.54) is 48.3 Å². The summed E-state index contributed by atoms with van der Waals surface area (Å²) >= 11 is 3.60. The first-order valence-corrected chi connectivity index (χ1v) is 13.7. The van der Waals surface area contributed by atoms with Gasteiger partial charge in [-0.2, -0.15) is 0 Å². The zero-order valence-corrected chi connectivity index (χ0v) is 22.6. The molecule has 0 radical (unpaired) electrons. The van der Waals surface area contributed by atoms with Crippen molar-refractivity contribution in [3.8, 4) is 0 Å². The quantitative estimate of drug-likeness (QED) is 0.377. The standard InChI is InChI=1S/C20H24BrN5.C9H11N/c1-24-9-11-25(12-10-24)20-8-4-7-19-23-17(15-26(19)20)14-22-13-16-5-2-3-6-18(16)21;1-2-6-9-8(4-1)5-3-7-10-9/h2-8,15,22H,9-14H2,1H3;3,5,7H,1-2,4,6H2. The average Bonchev–Trinajstić information content (AvgIpc) is 3.34. The van der Waals surface area contributed by atoms with E-state index in [-0.39, 0.29) is 0 Å². The van der Waals surface area contributed by atoms with Crippen molar-refractivity contribution in [2.24, 2.45) is 0 Å². The number of hydrogen-bond donors (Lipinski definition) is 1. The number of likely N-dealkylation sites (N-methyl/N-ethyl adjacent to an activating group) is 1. The topological polar surface area (TPSA) is 48.7 Å². The van der Waals surface area contributed by atoms with Crippen LogP contribution in [0.3, 0.4) is 0 Å². The molecular formula is C29H35BrN6. The minimum Gasteiger partial charge on any atom is -0.355 e. The highest BCUT2D eigenvalue weighted by Gasteiger charge is 2.17. The van der Waals surface area contributed by atoms with Crippen LogP contribution in [0.1, 0.15) is 35.4 Å². The van der Waals surface area contributed by atoms with Crippen molar-refractivity contribution < 1.29 is 0 Å². The maximum absolute atomic E-state index is 4.79. The highest BCUT2D eigenvalue weighted by Crippen LogP contribution is 2.20. The van der Waals surface area contributed by atoms with E-state index in [0.717, 1.165) is 55.1 Å². The van der Waals surface area contributed by atoms with Crippen molar-refractivity contribution in [1.82, 2.24) is 24.6 Å². The molecule has 7 heteroatoms. The first kappa shape index (κ1) is 24.9. The summed E-state index contributed by atoms with van der Waals surface area (Å²) in [6, 6.07) is 18.9. The van der Waals surface area contributed by atoms with Crippen LogP contribution >= 0.6 is 15.9 Å². The number of anilines is 1. The van der Waals surface area contributed by atoms with Crippen molar-refractivity contribution in [2.45, 2.75) is 38.8 Å². The Balaban J connectivity index is 0.000000222. The molecule has 0 unspecified atom stereocenters. The third-order valence-corrected chi connectivity index (χ3v) is 7.80. The van der Waals surface area contributed by atoms with Crippen LogP contribution in [0.15, 0.2) is 71.5 Å². The third-order valence-electron chi connectivity index (χ3n) is 7.02. The lowest BCUT2D eigenvalue weighted by Gasteiger charge is -2.34. The van der Waals surface area contributed by atoms with Crippen molar-refractivity contribution >= 4 is 27.4 Å². The molecular weight excluding hydrogens is 512 g/mol. The maximum Gasteiger partial charge on any atom is 0.138 e. The number of pyridine rings is 2. The molecule has 1 aliphatic carbocycles. The van der Waals surface area contributed by atoms with Crippen LogP contribution in [-0.4, -0.2) is 52.5 Å². The number of rotatable bonds is 5. The monoisotopic (exact) mass is 546 g/mol. The van der Waals surface area contributed by atoms with E-state index in [2.05, 4.69) is 96.1 Å². The summed E-state index contributed by atoms with van der Waals surface area (Å²) < 4.78 is 3.36. The second-order valence-corrected chi connectivity index (χ2v) is 10.5. The van der Waals surface area contributed by atoms with E-state index >= 15 is 0 Å². The van der Waals surface area contributed by atoms with Gasteiger partial charge in [-0.1, -0.05) is 46.3 Å². The number of imidazole rings is 1. The lowest BCUT2D eigenvalue weighted by atomic mass is 9.96. The van der Waals surface area contributed by atoms with Gasteiger partial charge in [-0.05, 0) is 68.1 Å². The molecule has 0 spiro atoms. The summed E-state index contributed by atoms with van der Waals surface area (Å²) in [6.07, 6.45) is 9.15. The number of halogens is 1. The number of benzene rings is 1. The largest absolute Gasteiger partial charge is 0.355 e. The highest BCUT2D eigenvalue weighted by molar-refractivity contribution is 9.10. The Kier molecular flexibility index (Phi) is 8.31. The second-order valence-electron chi connectivity index (χ2n) is 9.65. The molecule has 0 saturated carbocycles. The molecule has 4 aromatic rings. The van der Waals surface area contributed by atoms with Gasteiger partial charge in [0.25, 0.3) is 0 Å². The molecule has 6 nitrogen and oxygen atoms in total. The SMILES string of the molecule is CN1CCN(c2cccc3nc(CNCc4ccccc4Br)cn23)CC1.c1cnc2c(c1)CCCC2. The summed E-state index contributed by atoms with van der Waals surface area (Å²) in [7, 11) is 2.18. The van der Waals surface area contributed by atoms with Gasteiger partial charge in [0.05, 0.1) is 5.69 Å². The first-order chi connectivity index (χ1) is 17.7. The smallest absolute Gasteiger partial charge is 0.138 e. The van der Waals surface area contributed by atoms with Crippen molar-refractivity contribution in [3.63, 3.8) is 0 Å². The van der Waals surface area contributed by atoms with Crippen molar-refractivity contribution in [1.29, 1.82) is 0 Å². The third kappa shape index (κ3) is 6.14. The normalized spacial score (nSPS) is 15.9. The molecule has 2 aliphatic rings. The minimum absolute atomic E-state index is 0.755. The van der Waals surface area contributed by atoms with Gasteiger partial charge in [-0.25, -0.2) is 4.98 Å². The van der Waals surface area contributed by atoms with Crippen LogP contribution in [0, 0.1) is 0 Å². The molecule has 188 valence electrons. The highest BCUT2D eigenvalue weighted by atomic mass is 79.9.